The van der Waals surface area contributed by atoms with Crippen molar-refractivity contribution in [1.29, 1.82) is 5.26 Å². The van der Waals surface area contributed by atoms with E-state index in [1.54, 1.807) is 18.2 Å². The number of carbonyl (C=O) groups is 2. The van der Waals surface area contributed by atoms with Gasteiger partial charge in [-0.05, 0) is 37.1 Å². The molecule has 0 spiro atoms. The SMILES string of the molecule is Cc1cc(C#N)cc(NC(=O)NCCCC(=O)O)c1. The van der Waals surface area contributed by atoms with E-state index in [9.17, 15) is 9.59 Å². The molecule has 0 aliphatic heterocycles. The van der Waals surface area contributed by atoms with Crippen LogP contribution in [0, 0.1) is 18.3 Å². The van der Waals surface area contributed by atoms with Crippen LogP contribution in [0.1, 0.15) is 24.0 Å². The van der Waals surface area contributed by atoms with Crippen LogP contribution in [-0.4, -0.2) is 23.7 Å². The number of nitriles is 1. The van der Waals surface area contributed by atoms with E-state index in [0.717, 1.165) is 5.56 Å². The largest absolute Gasteiger partial charge is 0.481 e. The first-order valence-electron chi connectivity index (χ1n) is 5.79. The van der Waals surface area contributed by atoms with E-state index in [-0.39, 0.29) is 13.0 Å². The van der Waals surface area contributed by atoms with Crippen molar-refractivity contribution in [2.45, 2.75) is 19.8 Å². The molecule has 1 aromatic rings. The Morgan fingerprint density at radius 1 is 1.37 bits per heavy atom. The lowest BCUT2D eigenvalue weighted by Gasteiger charge is -2.08. The Morgan fingerprint density at radius 2 is 2.11 bits per heavy atom. The van der Waals surface area contributed by atoms with Gasteiger partial charge in [-0.2, -0.15) is 5.26 Å². The molecule has 1 rings (SSSR count). The minimum Gasteiger partial charge on any atom is -0.481 e. The Morgan fingerprint density at radius 3 is 2.74 bits per heavy atom. The predicted molar refractivity (Wildman–Crippen MR) is 69.8 cm³/mol. The summed E-state index contributed by atoms with van der Waals surface area (Å²) in [5.41, 5.74) is 1.88. The van der Waals surface area contributed by atoms with Crippen molar-refractivity contribution in [3.8, 4) is 6.07 Å². The lowest BCUT2D eigenvalue weighted by molar-refractivity contribution is -0.137. The normalized spacial score (nSPS) is 9.47. The van der Waals surface area contributed by atoms with Gasteiger partial charge in [-0.3, -0.25) is 4.79 Å². The summed E-state index contributed by atoms with van der Waals surface area (Å²) in [6, 6.07) is 6.63. The topological polar surface area (TPSA) is 102 Å². The number of carboxylic acid groups (broad SMARTS) is 1. The van der Waals surface area contributed by atoms with Crippen LogP contribution in [0.2, 0.25) is 0 Å². The van der Waals surface area contributed by atoms with Crippen molar-refractivity contribution < 1.29 is 14.7 Å². The van der Waals surface area contributed by atoms with E-state index in [0.29, 0.717) is 17.7 Å². The number of aryl methyl sites for hydroxylation is 1. The zero-order valence-corrected chi connectivity index (χ0v) is 10.6. The van der Waals surface area contributed by atoms with Gasteiger partial charge in [0.1, 0.15) is 0 Å². The lowest BCUT2D eigenvalue weighted by atomic mass is 10.1. The van der Waals surface area contributed by atoms with Gasteiger partial charge in [0.2, 0.25) is 0 Å². The van der Waals surface area contributed by atoms with Gasteiger partial charge in [0.15, 0.2) is 0 Å². The first-order chi connectivity index (χ1) is 9.01. The first-order valence-corrected chi connectivity index (χ1v) is 5.79. The third kappa shape index (κ3) is 5.55. The smallest absolute Gasteiger partial charge is 0.319 e. The standard InChI is InChI=1S/C13H15N3O3/c1-9-5-10(8-14)7-11(6-9)16-13(19)15-4-2-3-12(17)18/h5-7H,2-4H2,1H3,(H,17,18)(H2,15,16,19). The lowest BCUT2D eigenvalue weighted by Crippen LogP contribution is -2.29. The fraction of sp³-hybridized carbons (Fsp3) is 0.308. The van der Waals surface area contributed by atoms with Gasteiger partial charge in [-0.1, -0.05) is 0 Å². The molecule has 0 fully saturated rings. The van der Waals surface area contributed by atoms with Crippen molar-refractivity contribution in [2.75, 3.05) is 11.9 Å². The third-order valence-corrected chi connectivity index (χ3v) is 2.32. The summed E-state index contributed by atoms with van der Waals surface area (Å²) in [7, 11) is 0. The number of nitrogens with zero attached hydrogens (tertiary/aromatic N) is 1. The maximum absolute atomic E-state index is 11.5. The van der Waals surface area contributed by atoms with Crippen molar-refractivity contribution in [2.24, 2.45) is 0 Å². The molecule has 0 aliphatic carbocycles. The van der Waals surface area contributed by atoms with Gasteiger partial charge in [0, 0.05) is 18.7 Å². The third-order valence-electron chi connectivity index (χ3n) is 2.32. The van der Waals surface area contributed by atoms with Crippen molar-refractivity contribution in [1.82, 2.24) is 5.32 Å². The average Bonchev–Trinajstić information content (AvgIpc) is 2.33. The van der Waals surface area contributed by atoms with Gasteiger partial charge in [-0.15, -0.1) is 0 Å². The van der Waals surface area contributed by atoms with Crippen LogP contribution in [0.4, 0.5) is 10.5 Å². The van der Waals surface area contributed by atoms with Crippen molar-refractivity contribution in [3.63, 3.8) is 0 Å². The Hall–Kier alpha value is -2.55. The number of benzene rings is 1. The van der Waals surface area contributed by atoms with E-state index >= 15 is 0 Å². The maximum atomic E-state index is 11.5. The molecule has 0 saturated carbocycles. The molecule has 19 heavy (non-hydrogen) atoms. The molecule has 6 nitrogen and oxygen atoms in total. The number of hydrogen-bond acceptors (Lipinski definition) is 3. The van der Waals surface area contributed by atoms with E-state index in [1.807, 2.05) is 13.0 Å². The van der Waals surface area contributed by atoms with Gasteiger partial charge >= 0.3 is 12.0 Å². The van der Waals surface area contributed by atoms with E-state index < -0.39 is 12.0 Å². The predicted octanol–water partition coefficient (Wildman–Crippen LogP) is 1.85. The number of nitrogens with one attached hydrogen (secondary N) is 2. The number of carboxylic acids is 1. The molecular weight excluding hydrogens is 246 g/mol. The summed E-state index contributed by atoms with van der Waals surface area (Å²) in [6.07, 6.45) is 0.392. The van der Waals surface area contributed by atoms with Crippen LogP contribution in [0.5, 0.6) is 0 Å². The molecule has 1 aromatic carbocycles. The van der Waals surface area contributed by atoms with Crippen molar-refractivity contribution in [3.05, 3.63) is 29.3 Å². The monoisotopic (exact) mass is 261 g/mol. The summed E-state index contributed by atoms with van der Waals surface area (Å²) in [5.74, 6) is -0.889. The highest BCUT2D eigenvalue weighted by Crippen LogP contribution is 2.13. The Labute approximate surface area is 111 Å². The molecule has 0 heterocycles. The van der Waals surface area contributed by atoms with Crippen LogP contribution in [0.25, 0.3) is 0 Å². The number of amides is 2. The summed E-state index contributed by atoms with van der Waals surface area (Å²) in [4.78, 5) is 21.8. The number of anilines is 1. The molecule has 2 amide bonds. The fourth-order valence-electron chi connectivity index (χ4n) is 1.54. The van der Waals surface area contributed by atoms with Gasteiger partial charge in [0.25, 0.3) is 0 Å². The molecule has 3 N–H and O–H groups in total. The minimum atomic E-state index is -0.889. The number of rotatable bonds is 5. The van der Waals surface area contributed by atoms with Crippen LogP contribution in [0.15, 0.2) is 18.2 Å². The number of hydrogen-bond donors (Lipinski definition) is 3. The quantitative estimate of drug-likeness (QED) is 0.704. The maximum Gasteiger partial charge on any atom is 0.319 e. The van der Waals surface area contributed by atoms with Crippen LogP contribution >= 0.6 is 0 Å². The molecule has 0 aromatic heterocycles. The Kier molecular flexibility index (Phi) is 5.35. The average molecular weight is 261 g/mol. The van der Waals surface area contributed by atoms with Gasteiger partial charge < -0.3 is 15.7 Å². The Bertz CT molecular complexity index is 520. The highest BCUT2D eigenvalue weighted by atomic mass is 16.4. The van der Waals surface area contributed by atoms with E-state index in [4.69, 9.17) is 10.4 Å². The summed E-state index contributed by atoms with van der Waals surface area (Å²) in [5, 5.41) is 22.4. The highest BCUT2D eigenvalue weighted by Gasteiger charge is 2.04. The molecule has 0 radical (unpaired) electrons. The molecule has 6 heteroatoms. The second kappa shape index (κ2) is 7.01. The first kappa shape index (κ1) is 14.5. The second-order valence-corrected chi connectivity index (χ2v) is 4.08. The van der Waals surface area contributed by atoms with Crippen molar-refractivity contribution >= 4 is 17.7 Å². The van der Waals surface area contributed by atoms with Crippen LogP contribution in [-0.2, 0) is 4.79 Å². The number of aliphatic carboxylic acids is 1. The zero-order valence-electron chi connectivity index (χ0n) is 10.6. The summed E-state index contributed by atoms with van der Waals surface area (Å²) >= 11 is 0. The van der Waals surface area contributed by atoms with Gasteiger partial charge in [-0.25, -0.2) is 4.79 Å². The molecule has 0 unspecified atom stereocenters. The second-order valence-electron chi connectivity index (χ2n) is 4.08. The summed E-state index contributed by atoms with van der Waals surface area (Å²) < 4.78 is 0. The molecule has 0 aliphatic rings. The molecule has 100 valence electrons. The molecule has 0 bridgehead atoms. The Balaban J connectivity index is 2.46. The number of urea groups is 1. The molecular formula is C13H15N3O3. The van der Waals surface area contributed by atoms with Gasteiger partial charge in [0.05, 0.1) is 11.6 Å². The molecule has 0 atom stereocenters. The molecule has 0 saturated heterocycles. The van der Waals surface area contributed by atoms with Crippen LogP contribution < -0.4 is 10.6 Å². The zero-order chi connectivity index (χ0) is 14.3. The minimum absolute atomic E-state index is 0.0172. The fourth-order valence-corrected chi connectivity index (χ4v) is 1.54. The highest BCUT2D eigenvalue weighted by molar-refractivity contribution is 5.89. The van der Waals surface area contributed by atoms with Crippen LogP contribution in [0.3, 0.4) is 0 Å². The van der Waals surface area contributed by atoms with E-state index in [2.05, 4.69) is 10.6 Å². The number of carbonyl (C=O) groups excluding carboxylic acids is 1. The summed E-state index contributed by atoms with van der Waals surface area (Å²) in [6.45, 7) is 2.12. The van der Waals surface area contributed by atoms with E-state index in [1.165, 1.54) is 0 Å².